The number of nitrogens with one attached hydrogen (secondary N) is 2. The third kappa shape index (κ3) is 5.48. The van der Waals surface area contributed by atoms with E-state index in [9.17, 15) is 22.8 Å². The van der Waals surface area contributed by atoms with Crippen LogP contribution in [0.5, 0.6) is 0 Å². The molecule has 2 N–H and O–H groups in total. The zero-order chi connectivity index (χ0) is 21.7. The van der Waals surface area contributed by atoms with E-state index in [1.165, 1.54) is 42.8 Å². The van der Waals surface area contributed by atoms with Crippen molar-refractivity contribution in [1.82, 2.24) is 4.98 Å². The number of alkyl halides is 3. The fourth-order valence-corrected chi connectivity index (χ4v) is 2.51. The van der Waals surface area contributed by atoms with Gasteiger partial charge in [0.1, 0.15) is 5.15 Å². The normalized spacial score (nSPS) is 11.5. The van der Waals surface area contributed by atoms with Gasteiger partial charge in [-0.1, -0.05) is 17.7 Å². The van der Waals surface area contributed by atoms with Crippen LogP contribution in [0, 0.1) is 0 Å². The van der Waals surface area contributed by atoms with Crippen molar-refractivity contribution >= 4 is 40.9 Å². The van der Waals surface area contributed by atoms with E-state index in [-0.39, 0.29) is 16.6 Å². The average Bonchev–Trinajstić information content (AvgIpc) is 3.23. The van der Waals surface area contributed by atoms with Crippen molar-refractivity contribution in [3.63, 3.8) is 0 Å². The van der Waals surface area contributed by atoms with E-state index in [4.69, 9.17) is 16.0 Å². The van der Waals surface area contributed by atoms with Crippen LogP contribution in [0.4, 0.5) is 24.5 Å². The lowest BCUT2D eigenvalue weighted by molar-refractivity contribution is -0.136. The smallest absolute Gasteiger partial charge is 0.418 e. The second-order valence-corrected chi connectivity index (χ2v) is 6.31. The van der Waals surface area contributed by atoms with Gasteiger partial charge in [-0.3, -0.25) is 9.59 Å². The molecule has 3 rings (SSSR count). The first-order valence-corrected chi connectivity index (χ1v) is 8.77. The predicted octanol–water partition coefficient (Wildman–Crippen LogP) is 5.25. The fraction of sp³-hybridized carbons (Fsp3) is 0.0500. The summed E-state index contributed by atoms with van der Waals surface area (Å²) in [5.74, 6) is -1.53. The number of amides is 2. The van der Waals surface area contributed by atoms with Crippen molar-refractivity contribution in [3.8, 4) is 0 Å². The predicted molar refractivity (Wildman–Crippen MR) is 105 cm³/mol. The first kappa shape index (κ1) is 21.1. The van der Waals surface area contributed by atoms with Gasteiger partial charge in [-0.05, 0) is 48.0 Å². The van der Waals surface area contributed by atoms with E-state index in [1.54, 1.807) is 6.07 Å². The van der Waals surface area contributed by atoms with Gasteiger partial charge < -0.3 is 15.1 Å². The Hall–Kier alpha value is -3.59. The van der Waals surface area contributed by atoms with Gasteiger partial charge in [-0.2, -0.15) is 13.2 Å². The molecule has 0 saturated carbocycles. The van der Waals surface area contributed by atoms with Crippen molar-refractivity contribution in [2.24, 2.45) is 0 Å². The Morgan fingerprint density at radius 3 is 2.53 bits per heavy atom. The molecular formula is C20H13ClF3N3O3. The highest BCUT2D eigenvalue weighted by Gasteiger charge is 2.34. The Morgan fingerprint density at radius 1 is 1.10 bits per heavy atom. The van der Waals surface area contributed by atoms with Gasteiger partial charge >= 0.3 is 6.18 Å². The molecule has 0 aliphatic heterocycles. The number of hydrogen-bond acceptors (Lipinski definition) is 4. The molecule has 0 atom stereocenters. The number of hydrogen-bond donors (Lipinski definition) is 2. The fourth-order valence-electron chi connectivity index (χ4n) is 2.40. The molecule has 3 aromatic rings. The largest absolute Gasteiger partial charge is 0.459 e. The van der Waals surface area contributed by atoms with Gasteiger partial charge in [-0.15, -0.1) is 0 Å². The Labute approximate surface area is 173 Å². The molecule has 0 fully saturated rings. The molecule has 2 heterocycles. The monoisotopic (exact) mass is 435 g/mol. The summed E-state index contributed by atoms with van der Waals surface area (Å²) in [6.45, 7) is 0. The van der Waals surface area contributed by atoms with Crippen LogP contribution in [-0.2, 0) is 11.0 Å². The maximum atomic E-state index is 13.5. The van der Waals surface area contributed by atoms with Gasteiger partial charge in [0.25, 0.3) is 5.91 Å². The number of rotatable bonds is 5. The van der Waals surface area contributed by atoms with E-state index in [0.717, 1.165) is 18.2 Å². The number of pyridine rings is 1. The highest BCUT2D eigenvalue weighted by atomic mass is 35.5. The molecule has 6 nitrogen and oxygen atoms in total. The zero-order valence-corrected chi connectivity index (χ0v) is 15.8. The van der Waals surface area contributed by atoms with E-state index in [0.29, 0.717) is 5.56 Å². The van der Waals surface area contributed by atoms with Gasteiger partial charge in [0.2, 0.25) is 5.91 Å². The Kier molecular flexibility index (Phi) is 6.22. The van der Waals surface area contributed by atoms with Crippen LogP contribution >= 0.6 is 11.6 Å². The number of benzene rings is 1. The highest BCUT2D eigenvalue weighted by molar-refractivity contribution is 6.29. The lowest BCUT2D eigenvalue weighted by atomic mass is 10.1. The van der Waals surface area contributed by atoms with Crippen LogP contribution in [0.15, 0.2) is 65.4 Å². The SMILES string of the molecule is O=C(/C=C/c1ccc(Cl)nc1)Nc1ccc(NC(=O)c2ccco2)cc1C(F)(F)F. The number of carbonyl (C=O) groups is 2. The summed E-state index contributed by atoms with van der Waals surface area (Å²) < 4.78 is 45.3. The summed E-state index contributed by atoms with van der Waals surface area (Å²) >= 11 is 5.66. The molecule has 0 spiro atoms. The third-order valence-corrected chi connectivity index (χ3v) is 3.99. The number of nitrogens with zero attached hydrogens (tertiary/aromatic N) is 1. The molecule has 0 saturated heterocycles. The lowest BCUT2D eigenvalue weighted by Gasteiger charge is -2.15. The van der Waals surface area contributed by atoms with Crippen molar-refractivity contribution < 1.29 is 27.2 Å². The van der Waals surface area contributed by atoms with Crippen LogP contribution in [-0.4, -0.2) is 16.8 Å². The Balaban J connectivity index is 1.77. The highest BCUT2D eigenvalue weighted by Crippen LogP contribution is 2.36. The van der Waals surface area contributed by atoms with Crippen molar-refractivity contribution in [1.29, 1.82) is 0 Å². The second kappa shape index (κ2) is 8.83. The zero-order valence-electron chi connectivity index (χ0n) is 15.0. The minimum Gasteiger partial charge on any atom is -0.459 e. The van der Waals surface area contributed by atoms with Gasteiger partial charge in [0, 0.05) is 18.0 Å². The van der Waals surface area contributed by atoms with Gasteiger partial charge in [-0.25, -0.2) is 4.98 Å². The van der Waals surface area contributed by atoms with Crippen molar-refractivity contribution in [2.45, 2.75) is 6.18 Å². The van der Waals surface area contributed by atoms with Crippen LogP contribution in [0.25, 0.3) is 6.08 Å². The summed E-state index contributed by atoms with van der Waals surface area (Å²) in [7, 11) is 0. The molecular weight excluding hydrogens is 423 g/mol. The molecule has 0 unspecified atom stereocenters. The molecule has 1 aromatic carbocycles. The molecule has 0 aliphatic rings. The minimum absolute atomic E-state index is 0.0530. The third-order valence-electron chi connectivity index (χ3n) is 3.76. The maximum Gasteiger partial charge on any atom is 0.418 e. The molecule has 2 aromatic heterocycles. The molecule has 154 valence electrons. The number of carbonyl (C=O) groups excluding carboxylic acids is 2. The van der Waals surface area contributed by atoms with Crippen molar-refractivity contribution in [3.05, 3.63) is 83.0 Å². The quantitative estimate of drug-likeness (QED) is 0.423. The number of anilines is 2. The summed E-state index contributed by atoms with van der Waals surface area (Å²) in [6.07, 6.45) is 0.353. The molecule has 0 radical (unpaired) electrons. The van der Waals surface area contributed by atoms with E-state index in [1.807, 2.05) is 0 Å². The van der Waals surface area contributed by atoms with E-state index in [2.05, 4.69) is 15.6 Å². The first-order chi connectivity index (χ1) is 14.2. The summed E-state index contributed by atoms with van der Waals surface area (Å²) in [6, 6.07) is 8.96. The topological polar surface area (TPSA) is 84.2 Å². The summed E-state index contributed by atoms with van der Waals surface area (Å²) in [4.78, 5) is 27.8. The molecule has 0 aliphatic carbocycles. The Morgan fingerprint density at radius 2 is 1.90 bits per heavy atom. The lowest BCUT2D eigenvalue weighted by Crippen LogP contribution is -2.16. The molecule has 10 heteroatoms. The maximum absolute atomic E-state index is 13.5. The minimum atomic E-state index is -4.77. The molecule has 30 heavy (non-hydrogen) atoms. The standard InChI is InChI=1S/C20H13ClF3N3O3/c21-17-7-3-12(11-25-17)4-8-18(28)27-15-6-5-13(10-14(15)20(22,23)24)26-19(29)16-2-1-9-30-16/h1-11H,(H,26,29)(H,27,28)/b8-4+. The number of halogens is 4. The number of aromatic nitrogens is 1. The molecule has 0 bridgehead atoms. The van der Waals surface area contributed by atoms with Crippen LogP contribution < -0.4 is 10.6 Å². The molecule has 2 amide bonds. The van der Waals surface area contributed by atoms with Crippen LogP contribution in [0.2, 0.25) is 5.15 Å². The van der Waals surface area contributed by atoms with Gasteiger partial charge in [0.15, 0.2) is 5.76 Å². The van der Waals surface area contributed by atoms with Gasteiger partial charge in [0.05, 0.1) is 17.5 Å². The van der Waals surface area contributed by atoms with Crippen LogP contribution in [0.3, 0.4) is 0 Å². The Bertz CT molecular complexity index is 1080. The van der Waals surface area contributed by atoms with Crippen molar-refractivity contribution in [2.75, 3.05) is 10.6 Å². The summed E-state index contributed by atoms with van der Waals surface area (Å²) in [5, 5.41) is 4.76. The first-order valence-electron chi connectivity index (χ1n) is 8.39. The number of furan rings is 1. The van der Waals surface area contributed by atoms with E-state index >= 15 is 0 Å². The average molecular weight is 436 g/mol. The second-order valence-electron chi connectivity index (χ2n) is 5.93. The summed E-state index contributed by atoms with van der Waals surface area (Å²) in [5.41, 5.74) is -1.14. The van der Waals surface area contributed by atoms with Crippen LogP contribution in [0.1, 0.15) is 21.7 Å². The van der Waals surface area contributed by atoms with E-state index < -0.39 is 29.2 Å².